The van der Waals surface area contributed by atoms with Gasteiger partial charge in [-0.3, -0.25) is 9.10 Å². The molecule has 1 heterocycles. The highest BCUT2D eigenvalue weighted by Gasteiger charge is 2.23. The Labute approximate surface area is 181 Å². The Hall–Kier alpha value is -3.58. The first kappa shape index (κ1) is 20.7. The summed E-state index contributed by atoms with van der Waals surface area (Å²) >= 11 is 0. The number of furan rings is 1. The lowest BCUT2D eigenvalue weighted by atomic mass is 10.1. The lowest BCUT2D eigenvalue weighted by molar-refractivity contribution is 0.0935. The lowest BCUT2D eigenvalue weighted by Crippen LogP contribution is -2.28. The molecule has 31 heavy (non-hydrogen) atoms. The van der Waals surface area contributed by atoms with Crippen molar-refractivity contribution in [1.82, 2.24) is 5.32 Å². The highest BCUT2D eigenvalue weighted by atomic mass is 32.2. The Balaban J connectivity index is 1.55. The molecule has 158 valence electrons. The number of hydrogen-bond acceptors (Lipinski definition) is 4. The first-order valence-electron chi connectivity index (χ1n) is 9.79. The summed E-state index contributed by atoms with van der Waals surface area (Å²) in [6, 6.07) is 23.9. The van der Waals surface area contributed by atoms with Gasteiger partial charge < -0.3 is 9.73 Å². The van der Waals surface area contributed by atoms with Gasteiger partial charge in [-0.2, -0.15) is 0 Å². The average molecular weight is 435 g/mol. The molecule has 0 saturated carbocycles. The van der Waals surface area contributed by atoms with Crippen molar-refractivity contribution < 1.29 is 17.6 Å². The van der Waals surface area contributed by atoms with Gasteiger partial charge >= 0.3 is 0 Å². The second kappa shape index (κ2) is 8.28. The number of hydrogen-bond donors (Lipinski definition) is 1. The predicted molar refractivity (Wildman–Crippen MR) is 121 cm³/mol. The summed E-state index contributed by atoms with van der Waals surface area (Å²) in [4.78, 5) is 12.8. The Bertz CT molecular complexity index is 1300. The van der Waals surface area contributed by atoms with Crippen LogP contribution in [0.1, 0.15) is 29.1 Å². The zero-order valence-electron chi connectivity index (χ0n) is 17.1. The molecule has 1 amide bonds. The largest absolute Gasteiger partial charge is 0.459 e. The number of benzene rings is 3. The SMILES string of the molecule is C[C@@H](NC(=O)c1cccc(S(=O)(=O)N(C)c2ccccc2)c1)c1cc2ccccc2o1. The van der Waals surface area contributed by atoms with Crippen LogP contribution < -0.4 is 9.62 Å². The van der Waals surface area contributed by atoms with Gasteiger partial charge in [0.15, 0.2) is 0 Å². The molecule has 7 heteroatoms. The Kier molecular flexibility index (Phi) is 5.52. The van der Waals surface area contributed by atoms with Crippen LogP contribution in [0.25, 0.3) is 11.0 Å². The maximum Gasteiger partial charge on any atom is 0.264 e. The number of carbonyl (C=O) groups is 1. The summed E-state index contributed by atoms with van der Waals surface area (Å²) < 4.78 is 33.1. The van der Waals surface area contributed by atoms with E-state index in [1.807, 2.05) is 43.3 Å². The van der Waals surface area contributed by atoms with Gasteiger partial charge in [0.05, 0.1) is 16.6 Å². The second-order valence-electron chi connectivity index (χ2n) is 7.22. The molecule has 0 fully saturated rings. The molecule has 6 nitrogen and oxygen atoms in total. The van der Waals surface area contributed by atoms with E-state index in [2.05, 4.69) is 5.32 Å². The second-order valence-corrected chi connectivity index (χ2v) is 9.19. The number of sulfonamides is 1. The van der Waals surface area contributed by atoms with Crippen LogP contribution in [0, 0.1) is 0 Å². The van der Waals surface area contributed by atoms with Crippen LogP contribution >= 0.6 is 0 Å². The number of nitrogens with one attached hydrogen (secondary N) is 1. The molecule has 0 unspecified atom stereocenters. The molecule has 0 aliphatic rings. The van der Waals surface area contributed by atoms with Crippen molar-refractivity contribution in [2.75, 3.05) is 11.4 Å². The number of para-hydroxylation sites is 2. The number of nitrogens with zero attached hydrogens (tertiary/aromatic N) is 1. The molecule has 0 radical (unpaired) electrons. The van der Waals surface area contributed by atoms with E-state index in [1.165, 1.54) is 23.5 Å². The Morgan fingerprint density at radius 1 is 0.935 bits per heavy atom. The summed E-state index contributed by atoms with van der Waals surface area (Å²) in [5.74, 6) is 0.245. The van der Waals surface area contributed by atoms with Gasteiger partial charge in [-0.05, 0) is 49.4 Å². The number of amides is 1. The fourth-order valence-corrected chi connectivity index (χ4v) is 4.54. The van der Waals surface area contributed by atoms with E-state index in [0.29, 0.717) is 11.4 Å². The smallest absolute Gasteiger partial charge is 0.264 e. The summed E-state index contributed by atoms with van der Waals surface area (Å²) in [6.45, 7) is 1.82. The third-order valence-corrected chi connectivity index (χ3v) is 6.87. The van der Waals surface area contributed by atoms with Gasteiger partial charge in [0.25, 0.3) is 15.9 Å². The van der Waals surface area contributed by atoms with Gasteiger partial charge in [-0.1, -0.05) is 42.5 Å². The van der Waals surface area contributed by atoms with Crippen molar-refractivity contribution in [2.24, 2.45) is 0 Å². The predicted octanol–water partition coefficient (Wildman–Crippen LogP) is 4.75. The minimum Gasteiger partial charge on any atom is -0.459 e. The van der Waals surface area contributed by atoms with Gasteiger partial charge in [-0.15, -0.1) is 0 Å². The van der Waals surface area contributed by atoms with E-state index in [4.69, 9.17) is 4.42 Å². The van der Waals surface area contributed by atoms with E-state index in [9.17, 15) is 13.2 Å². The van der Waals surface area contributed by atoms with Gasteiger partial charge in [-0.25, -0.2) is 8.42 Å². The van der Waals surface area contributed by atoms with Crippen LogP contribution in [0.3, 0.4) is 0 Å². The molecule has 4 aromatic rings. The molecule has 0 saturated heterocycles. The summed E-state index contributed by atoms with van der Waals surface area (Å²) in [5, 5.41) is 3.83. The van der Waals surface area contributed by atoms with Crippen molar-refractivity contribution in [3.05, 3.63) is 96.3 Å². The van der Waals surface area contributed by atoms with E-state index in [0.717, 1.165) is 11.0 Å². The Morgan fingerprint density at radius 2 is 1.65 bits per heavy atom. The van der Waals surface area contributed by atoms with Crippen molar-refractivity contribution in [1.29, 1.82) is 0 Å². The average Bonchev–Trinajstić information content (AvgIpc) is 3.24. The molecule has 3 aromatic carbocycles. The van der Waals surface area contributed by atoms with Crippen LogP contribution in [-0.2, 0) is 10.0 Å². The topological polar surface area (TPSA) is 79.6 Å². The van der Waals surface area contributed by atoms with Crippen molar-refractivity contribution in [3.8, 4) is 0 Å². The molecule has 0 bridgehead atoms. The molecular weight excluding hydrogens is 412 g/mol. The van der Waals surface area contributed by atoms with E-state index >= 15 is 0 Å². The molecule has 0 aliphatic heterocycles. The molecular formula is C24H22N2O4S. The van der Waals surface area contributed by atoms with Crippen molar-refractivity contribution in [2.45, 2.75) is 17.9 Å². The molecule has 1 atom stereocenters. The number of rotatable bonds is 6. The highest BCUT2D eigenvalue weighted by Crippen LogP contribution is 2.25. The van der Waals surface area contributed by atoms with E-state index in [-0.39, 0.29) is 22.4 Å². The van der Waals surface area contributed by atoms with Crippen LogP contribution in [0.2, 0.25) is 0 Å². The zero-order valence-corrected chi connectivity index (χ0v) is 18.0. The maximum atomic E-state index is 13.0. The number of carbonyl (C=O) groups excluding carboxylic acids is 1. The van der Waals surface area contributed by atoms with Crippen LogP contribution in [0.15, 0.2) is 94.2 Å². The first-order valence-corrected chi connectivity index (χ1v) is 11.2. The number of fused-ring (bicyclic) bond motifs is 1. The number of anilines is 1. The minimum absolute atomic E-state index is 0.0443. The fraction of sp³-hybridized carbons (Fsp3) is 0.125. The summed E-state index contributed by atoms with van der Waals surface area (Å²) in [5.41, 5.74) is 1.54. The summed E-state index contributed by atoms with van der Waals surface area (Å²) in [6.07, 6.45) is 0. The molecule has 1 N–H and O–H groups in total. The molecule has 1 aromatic heterocycles. The third kappa shape index (κ3) is 4.18. The van der Waals surface area contributed by atoms with Gasteiger partial charge in [0, 0.05) is 18.0 Å². The van der Waals surface area contributed by atoms with Crippen molar-refractivity contribution in [3.63, 3.8) is 0 Å². The van der Waals surface area contributed by atoms with E-state index in [1.54, 1.807) is 36.4 Å². The monoisotopic (exact) mass is 434 g/mol. The van der Waals surface area contributed by atoms with Crippen LogP contribution in [0.5, 0.6) is 0 Å². The van der Waals surface area contributed by atoms with E-state index < -0.39 is 10.0 Å². The molecule has 0 spiro atoms. The van der Waals surface area contributed by atoms with Gasteiger partial charge in [0.2, 0.25) is 0 Å². The molecule has 0 aliphatic carbocycles. The molecule has 4 rings (SSSR count). The minimum atomic E-state index is -3.81. The highest BCUT2D eigenvalue weighted by molar-refractivity contribution is 7.92. The van der Waals surface area contributed by atoms with Crippen LogP contribution in [-0.4, -0.2) is 21.4 Å². The third-order valence-electron chi connectivity index (χ3n) is 5.09. The van der Waals surface area contributed by atoms with Crippen molar-refractivity contribution >= 4 is 32.6 Å². The van der Waals surface area contributed by atoms with Gasteiger partial charge in [0.1, 0.15) is 11.3 Å². The standard InChI is InChI=1S/C24H22N2O4S/c1-17(23-16-18-9-6-7-14-22(18)30-23)25-24(27)19-10-8-13-21(15-19)31(28,29)26(2)20-11-4-3-5-12-20/h3-17H,1-2H3,(H,25,27)/t17-/m1/s1. The normalized spacial score (nSPS) is 12.5. The van der Waals surface area contributed by atoms with Crippen LogP contribution in [0.4, 0.5) is 5.69 Å². The fourth-order valence-electron chi connectivity index (χ4n) is 3.30. The Morgan fingerprint density at radius 3 is 2.39 bits per heavy atom. The maximum absolute atomic E-state index is 13.0. The lowest BCUT2D eigenvalue weighted by Gasteiger charge is -2.20. The first-order chi connectivity index (χ1) is 14.9. The quantitative estimate of drug-likeness (QED) is 0.475. The summed E-state index contributed by atoms with van der Waals surface area (Å²) in [7, 11) is -2.32. The zero-order chi connectivity index (χ0) is 22.0.